The van der Waals surface area contributed by atoms with Crippen LogP contribution in [0.15, 0.2) is 18.2 Å². The van der Waals surface area contributed by atoms with Crippen molar-refractivity contribution < 1.29 is 23.8 Å². The number of carbonyl (C=O) groups excluding carboxylic acids is 2. The number of benzene rings is 1. The summed E-state index contributed by atoms with van der Waals surface area (Å²) < 4.78 is 15.9. The molecule has 1 aromatic rings. The summed E-state index contributed by atoms with van der Waals surface area (Å²) in [7, 11) is 0. The van der Waals surface area contributed by atoms with Crippen molar-refractivity contribution in [1.82, 2.24) is 10.2 Å². The molecule has 2 aliphatic rings. The first-order chi connectivity index (χ1) is 12.8. The number of carbonyl (C=O) groups is 2. The Bertz CT molecular complexity index is 698. The maximum absolute atomic E-state index is 12.7. The Labute approximate surface area is 160 Å². The second-order valence-corrected chi connectivity index (χ2v) is 8.10. The standard InChI is InChI=1S/C20H28N2O5/c1-20(2,3)27-19(24)21-11-15-5-4-8-22(12-15)18(23)10-14-6-7-16-17(9-14)26-13-25-16/h6-7,9,15H,4-5,8,10-13H2,1-3H3,(H,21,24)/t15-/m1/s1. The molecule has 0 unspecified atom stereocenters. The van der Waals surface area contributed by atoms with E-state index in [-0.39, 0.29) is 18.6 Å². The third kappa shape index (κ3) is 5.52. The molecule has 0 bridgehead atoms. The normalized spacial score (nSPS) is 18.9. The maximum atomic E-state index is 12.7. The number of nitrogens with one attached hydrogen (secondary N) is 1. The van der Waals surface area contributed by atoms with Gasteiger partial charge in [0.05, 0.1) is 6.42 Å². The lowest BCUT2D eigenvalue weighted by molar-refractivity contribution is -0.132. The van der Waals surface area contributed by atoms with Gasteiger partial charge in [0.1, 0.15) is 5.60 Å². The quantitative estimate of drug-likeness (QED) is 0.874. The van der Waals surface area contributed by atoms with Gasteiger partial charge in [0, 0.05) is 19.6 Å². The van der Waals surface area contributed by atoms with Crippen LogP contribution in [0.3, 0.4) is 0 Å². The molecule has 27 heavy (non-hydrogen) atoms. The van der Waals surface area contributed by atoms with Gasteiger partial charge in [0.15, 0.2) is 11.5 Å². The fourth-order valence-electron chi connectivity index (χ4n) is 3.34. The minimum absolute atomic E-state index is 0.0934. The summed E-state index contributed by atoms with van der Waals surface area (Å²) in [5, 5.41) is 2.82. The Kier molecular flexibility index (Phi) is 5.77. The molecule has 0 spiro atoms. The Morgan fingerprint density at radius 3 is 2.81 bits per heavy atom. The van der Waals surface area contributed by atoms with Gasteiger partial charge in [0.2, 0.25) is 12.7 Å². The highest BCUT2D eigenvalue weighted by Gasteiger charge is 2.25. The SMILES string of the molecule is CC(C)(C)OC(=O)NC[C@H]1CCCN(C(=O)Cc2ccc3c(c2)OCO3)C1. The van der Waals surface area contributed by atoms with Gasteiger partial charge in [0.25, 0.3) is 0 Å². The van der Waals surface area contributed by atoms with Crippen LogP contribution in [0.5, 0.6) is 11.5 Å². The van der Waals surface area contributed by atoms with E-state index in [2.05, 4.69) is 5.32 Å². The Morgan fingerprint density at radius 1 is 1.26 bits per heavy atom. The van der Waals surface area contributed by atoms with Gasteiger partial charge < -0.3 is 24.4 Å². The van der Waals surface area contributed by atoms with Crippen LogP contribution in [0.4, 0.5) is 4.79 Å². The number of alkyl carbamates (subject to hydrolysis) is 1. The van der Waals surface area contributed by atoms with Crippen molar-refractivity contribution in [2.24, 2.45) is 5.92 Å². The summed E-state index contributed by atoms with van der Waals surface area (Å²) in [6.07, 6.45) is 1.85. The van der Waals surface area contributed by atoms with E-state index in [1.807, 2.05) is 43.9 Å². The lowest BCUT2D eigenvalue weighted by atomic mass is 9.97. The third-order valence-electron chi connectivity index (χ3n) is 4.60. The molecule has 2 aliphatic heterocycles. The number of ether oxygens (including phenoxy) is 3. The first-order valence-corrected chi connectivity index (χ1v) is 9.43. The third-order valence-corrected chi connectivity index (χ3v) is 4.60. The highest BCUT2D eigenvalue weighted by Crippen LogP contribution is 2.32. The van der Waals surface area contributed by atoms with E-state index in [9.17, 15) is 9.59 Å². The van der Waals surface area contributed by atoms with Crippen molar-refractivity contribution in [2.45, 2.75) is 45.6 Å². The Hall–Kier alpha value is -2.44. The zero-order valence-electron chi connectivity index (χ0n) is 16.2. The Morgan fingerprint density at radius 2 is 2.04 bits per heavy atom. The first kappa shape index (κ1) is 19.3. The van der Waals surface area contributed by atoms with E-state index in [0.29, 0.717) is 25.3 Å². The fraction of sp³-hybridized carbons (Fsp3) is 0.600. The van der Waals surface area contributed by atoms with E-state index in [1.165, 1.54) is 0 Å². The zero-order chi connectivity index (χ0) is 19.4. The molecule has 0 aliphatic carbocycles. The Balaban J connectivity index is 1.48. The molecule has 3 rings (SSSR count). The number of likely N-dealkylation sites (tertiary alicyclic amines) is 1. The van der Waals surface area contributed by atoms with Gasteiger partial charge in [-0.1, -0.05) is 6.07 Å². The molecular weight excluding hydrogens is 348 g/mol. The highest BCUT2D eigenvalue weighted by atomic mass is 16.7. The van der Waals surface area contributed by atoms with Crippen molar-refractivity contribution >= 4 is 12.0 Å². The molecule has 0 radical (unpaired) electrons. The van der Waals surface area contributed by atoms with Crippen molar-refractivity contribution in [1.29, 1.82) is 0 Å². The van der Waals surface area contributed by atoms with Crippen molar-refractivity contribution in [3.63, 3.8) is 0 Å². The fourth-order valence-corrected chi connectivity index (χ4v) is 3.34. The zero-order valence-corrected chi connectivity index (χ0v) is 16.2. The minimum atomic E-state index is -0.511. The van der Waals surface area contributed by atoms with Gasteiger partial charge >= 0.3 is 6.09 Å². The monoisotopic (exact) mass is 376 g/mol. The number of nitrogens with zero attached hydrogens (tertiary/aromatic N) is 1. The van der Waals surface area contributed by atoms with Gasteiger partial charge in [-0.05, 0) is 57.2 Å². The second-order valence-electron chi connectivity index (χ2n) is 8.10. The molecule has 2 amide bonds. The lowest BCUT2D eigenvalue weighted by Gasteiger charge is -2.33. The lowest BCUT2D eigenvalue weighted by Crippen LogP contribution is -2.44. The van der Waals surface area contributed by atoms with Crippen molar-refractivity contribution in [3.8, 4) is 11.5 Å². The molecule has 2 heterocycles. The van der Waals surface area contributed by atoms with Crippen LogP contribution in [0.25, 0.3) is 0 Å². The van der Waals surface area contributed by atoms with E-state index in [1.54, 1.807) is 0 Å². The second kappa shape index (κ2) is 8.06. The van der Waals surface area contributed by atoms with Gasteiger partial charge in [-0.15, -0.1) is 0 Å². The number of amides is 2. The summed E-state index contributed by atoms with van der Waals surface area (Å²) in [6, 6.07) is 5.61. The number of fused-ring (bicyclic) bond motifs is 1. The summed E-state index contributed by atoms with van der Waals surface area (Å²) in [4.78, 5) is 26.4. The van der Waals surface area contributed by atoms with Crippen LogP contribution in [0.1, 0.15) is 39.2 Å². The molecular formula is C20H28N2O5. The van der Waals surface area contributed by atoms with Crippen LogP contribution in [0.2, 0.25) is 0 Å². The molecule has 1 N–H and O–H groups in total. The molecule has 1 atom stereocenters. The van der Waals surface area contributed by atoms with Crippen molar-refractivity contribution in [3.05, 3.63) is 23.8 Å². The summed E-state index contributed by atoms with van der Waals surface area (Å²) in [6.45, 7) is 7.66. The number of piperidine rings is 1. The smallest absolute Gasteiger partial charge is 0.407 e. The van der Waals surface area contributed by atoms with Gasteiger partial charge in [-0.3, -0.25) is 4.79 Å². The van der Waals surface area contributed by atoms with Crippen LogP contribution in [0, 0.1) is 5.92 Å². The van der Waals surface area contributed by atoms with E-state index in [4.69, 9.17) is 14.2 Å². The molecule has 0 saturated carbocycles. The average molecular weight is 376 g/mol. The molecule has 7 heteroatoms. The predicted molar refractivity (Wildman–Crippen MR) is 99.8 cm³/mol. The van der Waals surface area contributed by atoms with E-state index in [0.717, 1.165) is 30.7 Å². The molecule has 1 aromatic carbocycles. The largest absolute Gasteiger partial charge is 0.454 e. The number of hydrogen-bond acceptors (Lipinski definition) is 5. The molecule has 7 nitrogen and oxygen atoms in total. The summed E-state index contributed by atoms with van der Waals surface area (Å²) in [5.41, 5.74) is 0.404. The van der Waals surface area contributed by atoms with E-state index < -0.39 is 11.7 Å². The molecule has 1 fully saturated rings. The van der Waals surface area contributed by atoms with Crippen LogP contribution >= 0.6 is 0 Å². The number of hydrogen-bond donors (Lipinski definition) is 1. The maximum Gasteiger partial charge on any atom is 0.407 e. The van der Waals surface area contributed by atoms with Gasteiger partial charge in [-0.25, -0.2) is 4.79 Å². The van der Waals surface area contributed by atoms with Crippen molar-refractivity contribution in [2.75, 3.05) is 26.4 Å². The predicted octanol–water partition coefficient (Wildman–Crippen LogP) is 2.72. The van der Waals surface area contributed by atoms with Crippen LogP contribution < -0.4 is 14.8 Å². The van der Waals surface area contributed by atoms with Crippen LogP contribution in [-0.2, 0) is 16.0 Å². The molecule has 1 saturated heterocycles. The summed E-state index contributed by atoms with van der Waals surface area (Å²) in [5.74, 6) is 1.75. The topological polar surface area (TPSA) is 77.1 Å². The summed E-state index contributed by atoms with van der Waals surface area (Å²) >= 11 is 0. The molecule has 148 valence electrons. The van der Waals surface area contributed by atoms with Gasteiger partial charge in [-0.2, -0.15) is 0 Å². The highest BCUT2D eigenvalue weighted by molar-refractivity contribution is 5.79. The van der Waals surface area contributed by atoms with Crippen LogP contribution in [-0.4, -0.2) is 48.9 Å². The number of rotatable bonds is 4. The van der Waals surface area contributed by atoms with E-state index >= 15 is 0 Å². The first-order valence-electron chi connectivity index (χ1n) is 9.43. The average Bonchev–Trinajstić information content (AvgIpc) is 3.06. The minimum Gasteiger partial charge on any atom is -0.454 e. The molecule has 0 aromatic heterocycles.